The van der Waals surface area contributed by atoms with Crippen molar-refractivity contribution in [3.8, 4) is 11.8 Å². The van der Waals surface area contributed by atoms with Crippen LogP contribution in [0.1, 0.15) is 12.8 Å². The van der Waals surface area contributed by atoms with Gasteiger partial charge in [-0.2, -0.15) is 5.26 Å². The largest absolute Gasteiger partial charge is 0.490 e. The number of rotatable bonds is 4. The molecule has 0 aromatic heterocycles. The van der Waals surface area contributed by atoms with Crippen LogP contribution < -0.4 is 4.74 Å². The molecule has 0 fully saturated rings. The number of nitriles is 1. The third-order valence-electron chi connectivity index (χ3n) is 1.58. The van der Waals surface area contributed by atoms with Crippen LogP contribution in [0, 0.1) is 23.0 Å². The first-order valence-corrected chi connectivity index (χ1v) is 4.19. The fourth-order valence-electron chi connectivity index (χ4n) is 0.926. The number of hydrogen-bond donors (Lipinski definition) is 0. The SMILES string of the molecule is N#CCCCOc1ccc(F)cc1F. The topological polar surface area (TPSA) is 33.0 Å². The first kappa shape index (κ1) is 10.5. The van der Waals surface area contributed by atoms with Gasteiger partial charge in [-0.25, -0.2) is 8.78 Å². The predicted molar refractivity (Wildman–Crippen MR) is 46.7 cm³/mol. The zero-order chi connectivity index (χ0) is 10.4. The maximum Gasteiger partial charge on any atom is 0.167 e. The smallest absolute Gasteiger partial charge is 0.167 e. The highest BCUT2D eigenvalue weighted by molar-refractivity contribution is 5.24. The van der Waals surface area contributed by atoms with Crippen molar-refractivity contribution in [3.63, 3.8) is 0 Å². The van der Waals surface area contributed by atoms with Gasteiger partial charge in [0.2, 0.25) is 0 Å². The van der Waals surface area contributed by atoms with E-state index in [1.165, 1.54) is 6.07 Å². The van der Waals surface area contributed by atoms with E-state index in [0.717, 1.165) is 12.1 Å². The Balaban J connectivity index is 2.47. The van der Waals surface area contributed by atoms with Gasteiger partial charge in [-0.15, -0.1) is 0 Å². The lowest BCUT2D eigenvalue weighted by atomic mass is 10.3. The maximum absolute atomic E-state index is 12.9. The summed E-state index contributed by atoms with van der Waals surface area (Å²) in [6.07, 6.45) is 0.899. The molecule has 0 heterocycles. The van der Waals surface area contributed by atoms with E-state index >= 15 is 0 Å². The van der Waals surface area contributed by atoms with Crippen LogP contribution in [-0.2, 0) is 0 Å². The molecule has 0 saturated heterocycles. The van der Waals surface area contributed by atoms with Gasteiger partial charge in [0.05, 0.1) is 12.7 Å². The average Bonchev–Trinajstić information content (AvgIpc) is 2.15. The molecule has 0 aliphatic rings. The van der Waals surface area contributed by atoms with Crippen molar-refractivity contribution < 1.29 is 13.5 Å². The Morgan fingerprint density at radius 2 is 2.14 bits per heavy atom. The van der Waals surface area contributed by atoms with Crippen LogP contribution in [0.5, 0.6) is 5.75 Å². The summed E-state index contributed by atoms with van der Waals surface area (Å²) in [6.45, 7) is 0.260. The quantitative estimate of drug-likeness (QED) is 0.695. The molecule has 1 aromatic carbocycles. The summed E-state index contributed by atoms with van der Waals surface area (Å²) in [6, 6.07) is 5.07. The first-order valence-electron chi connectivity index (χ1n) is 4.19. The second-order valence-electron chi connectivity index (χ2n) is 2.68. The summed E-state index contributed by atoms with van der Waals surface area (Å²) < 4.78 is 30.4. The van der Waals surface area contributed by atoms with Crippen molar-refractivity contribution in [1.82, 2.24) is 0 Å². The summed E-state index contributed by atoms with van der Waals surface area (Å²) >= 11 is 0. The van der Waals surface area contributed by atoms with E-state index in [1.54, 1.807) is 0 Å². The van der Waals surface area contributed by atoms with Crippen molar-refractivity contribution in [2.24, 2.45) is 0 Å². The summed E-state index contributed by atoms with van der Waals surface area (Å²) in [5, 5.41) is 8.23. The molecule has 1 rings (SSSR count). The van der Waals surface area contributed by atoms with Crippen molar-refractivity contribution in [3.05, 3.63) is 29.8 Å². The van der Waals surface area contributed by atoms with Crippen LogP contribution >= 0.6 is 0 Å². The molecule has 14 heavy (non-hydrogen) atoms. The Labute approximate surface area is 80.7 Å². The zero-order valence-corrected chi connectivity index (χ0v) is 7.46. The van der Waals surface area contributed by atoms with Gasteiger partial charge >= 0.3 is 0 Å². The minimum atomic E-state index is -0.720. The third-order valence-corrected chi connectivity index (χ3v) is 1.58. The molecule has 0 bridgehead atoms. The van der Waals surface area contributed by atoms with Crippen LogP contribution in [-0.4, -0.2) is 6.61 Å². The van der Waals surface area contributed by atoms with Crippen LogP contribution in [0.4, 0.5) is 8.78 Å². The summed E-state index contributed by atoms with van der Waals surface area (Å²) in [5.41, 5.74) is 0. The van der Waals surface area contributed by atoms with E-state index in [2.05, 4.69) is 0 Å². The second-order valence-corrected chi connectivity index (χ2v) is 2.68. The molecule has 0 saturated carbocycles. The third kappa shape index (κ3) is 3.02. The van der Waals surface area contributed by atoms with Gasteiger partial charge in [0.1, 0.15) is 5.82 Å². The van der Waals surface area contributed by atoms with Gasteiger partial charge in [0.25, 0.3) is 0 Å². The summed E-state index contributed by atoms with van der Waals surface area (Å²) in [7, 11) is 0. The second kappa shape index (κ2) is 5.18. The Morgan fingerprint density at radius 1 is 1.36 bits per heavy atom. The lowest BCUT2D eigenvalue weighted by molar-refractivity contribution is 0.296. The molecule has 0 radical (unpaired) electrons. The highest BCUT2D eigenvalue weighted by atomic mass is 19.1. The lowest BCUT2D eigenvalue weighted by Crippen LogP contribution is -1.98. The molecule has 1 aromatic rings. The van der Waals surface area contributed by atoms with E-state index in [4.69, 9.17) is 10.00 Å². The van der Waals surface area contributed by atoms with Crippen molar-refractivity contribution in [1.29, 1.82) is 5.26 Å². The monoisotopic (exact) mass is 197 g/mol. The van der Waals surface area contributed by atoms with Crippen molar-refractivity contribution in [2.75, 3.05) is 6.61 Å². The molecule has 4 heteroatoms. The molecular formula is C10H9F2NO. The van der Waals surface area contributed by atoms with E-state index in [1.807, 2.05) is 6.07 Å². The highest BCUT2D eigenvalue weighted by Gasteiger charge is 2.03. The van der Waals surface area contributed by atoms with Gasteiger partial charge in [-0.3, -0.25) is 0 Å². The molecule has 0 amide bonds. The summed E-state index contributed by atoms with van der Waals surface area (Å²) in [5.74, 6) is -1.34. The van der Waals surface area contributed by atoms with E-state index < -0.39 is 11.6 Å². The Bertz CT molecular complexity index is 346. The highest BCUT2D eigenvalue weighted by Crippen LogP contribution is 2.17. The van der Waals surface area contributed by atoms with Gasteiger partial charge in [0.15, 0.2) is 11.6 Å². The molecule has 2 nitrogen and oxygen atoms in total. The molecule has 0 aliphatic heterocycles. The summed E-state index contributed by atoms with van der Waals surface area (Å²) in [4.78, 5) is 0. The van der Waals surface area contributed by atoms with Gasteiger partial charge in [0, 0.05) is 12.5 Å². The maximum atomic E-state index is 12.9. The average molecular weight is 197 g/mol. The Hall–Kier alpha value is -1.63. The molecule has 0 atom stereocenters. The number of unbranched alkanes of at least 4 members (excludes halogenated alkanes) is 1. The molecule has 0 aliphatic carbocycles. The van der Waals surface area contributed by atoms with Crippen LogP contribution in [0.25, 0.3) is 0 Å². The van der Waals surface area contributed by atoms with Gasteiger partial charge < -0.3 is 4.74 Å². The van der Waals surface area contributed by atoms with Gasteiger partial charge in [-0.05, 0) is 18.6 Å². The van der Waals surface area contributed by atoms with Crippen LogP contribution in [0.3, 0.4) is 0 Å². The van der Waals surface area contributed by atoms with Crippen LogP contribution in [0.15, 0.2) is 18.2 Å². The standard InChI is InChI=1S/C10H9F2NO/c11-8-3-4-10(9(12)7-8)14-6-2-1-5-13/h3-4,7H,1-2,6H2. The molecule has 0 unspecified atom stereocenters. The first-order chi connectivity index (χ1) is 6.74. The molecule has 0 N–H and O–H groups in total. The van der Waals surface area contributed by atoms with Crippen molar-refractivity contribution >= 4 is 0 Å². The normalized spacial score (nSPS) is 9.50. The number of benzene rings is 1. The minimum absolute atomic E-state index is 0.0179. The van der Waals surface area contributed by atoms with E-state index in [9.17, 15) is 8.78 Å². The number of ether oxygens (including phenoxy) is 1. The lowest BCUT2D eigenvalue weighted by Gasteiger charge is -2.05. The van der Waals surface area contributed by atoms with E-state index in [-0.39, 0.29) is 12.4 Å². The minimum Gasteiger partial charge on any atom is -0.490 e. The van der Waals surface area contributed by atoms with Crippen molar-refractivity contribution in [2.45, 2.75) is 12.8 Å². The Kier molecular flexibility index (Phi) is 3.86. The molecular weight excluding hydrogens is 188 g/mol. The Morgan fingerprint density at radius 3 is 2.79 bits per heavy atom. The zero-order valence-electron chi connectivity index (χ0n) is 7.46. The fourth-order valence-corrected chi connectivity index (χ4v) is 0.926. The molecule has 0 spiro atoms. The predicted octanol–water partition coefficient (Wildman–Crippen LogP) is 2.65. The fraction of sp³-hybridized carbons (Fsp3) is 0.300. The number of nitrogens with zero attached hydrogens (tertiary/aromatic N) is 1. The number of hydrogen-bond acceptors (Lipinski definition) is 2. The number of halogens is 2. The van der Waals surface area contributed by atoms with Crippen LogP contribution in [0.2, 0.25) is 0 Å². The van der Waals surface area contributed by atoms with E-state index in [0.29, 0.717) is 12.8 Å². The van der Waals surface area contributed by atoms with Gasteiger partial charge in [-0.1, -0.05) is 0 Å². The molecule has 74 valence electrons.